The molecule has 102 valence electrons. The standard InChI is InChI=1S/C15H20N2O2/c1-3-11-7-5-6-8-12(11)15(19)17-10-9-16-14(18)13(17)4-2/h5-8,13H,3-4,9-10H2,1-2H3,(H,16,18). The molecule has 1 fully saturated rings. The van der Waals surface area contributed by atoms with Crippen molar-refractivity contribution in [3.05, 3.63) is 35.4 Å². The number of amides is 2. The lowest BCUT2D eigenvalue weighted by atomic mass is 10.0. The molecule has 0 bridgehead atoms. The summed E-state index contributed by atoms with van der Waals surface area (Å²) < 4.78 is 0. The molecular weight excluding hydrogens is 240 g/mol. The molecule has 19 heavy (non-hydrogen) atoms. The predicted octanol–water partition coefficient (Wildman–Crippen LogP) is 1.60. The van der Waals surface area contributed by atoms with Gasteiger partial charge in [-0.2, -0.15) is 0 Å². The molecule has 1 atom stereocenters. The third-order valence-corrected chi connectivity index (χ3v) is 3.61. The van der Waals surface area contributed by atoms with Gasteiger partial charge in [-0.25, -0.2) is 0 Å². The van der Waals surface area contributed by atoms with Crippen LogP contribution in [0.5, 0.6) is 0 Å². The van der Waals surface area contributed by atoms with E-state index in [1.165, 1.54) is 0 Å². The number of aryl methyl sites for hydroxylation is 1. The molecule has 1 unspecified atom stereocenters. The Hall–Kier alpha value is -1.84. The van der Waals surface area contributed by atoms with Crippen molar-refractivity contribution in [2.45, 2.75) is 32.7 Å². The SMILES string of the molecule is CCc1ccccc1C(=O)N1CCNC(=O)C1CC. The molecule has 0 saturated carbocycles. The molecule has 2 amide bonds. The molecule has 1 heterocycles. The zero-order valence-corrected chi connectivity index (χ0v) is 11.5. The van der Waals surface area contributed by atoms with Crippen molar-refractivity contribution in [3.8, 4) is 0 Å². The second-order valence-electron chi connectivity index (χ2n) is 4.72. The van der Waals surface area contributed by atoms with E-state index in [0.717, 1.165) is 17.5 Å². The van der Waals surface area contributed by atoms with Gasteiger partial charge >= 0.3 is 0 Å². The lowest BCUT2D eigenvalue weighted by Gasteiger charge is -2.35. The Morgan fingerprint density at radius 1 is 1.37 bits per heavy atom. The second-order valence-corrected chi connectivity index (χ2v) is 4.72. The fourth-order valence-electron chi connectivity index (χ4n) is 2.56. The Kier molecular flexibility index (Phi) is 4.20. The summed E-state index contributed by atoms with van der Waals surface area (Å²) in [7, 11) is 0. The highest BCUT2D eigenvalue weighted by Crippen LogP contribution is 2.17. The van der Waals surface area contributed by atoms with Gasteiger partial charge in [0.25, 0.3) is 5.91 Å². The van der Waals surface area contributed by atoms with Crippen molar-refractivity contribution in [1.29, 1.82) is 0 Å². The van der Waals surface area contributed by atoms with Gasteiger partial charge in [0, 0.05) is 18.7 Å². The molecule has 1 saturated heterocycles. The molecule has 1 aliphatic heterocycles. The topological polar surface area (TPSA) is 49.4 Å². The molecule has 0 aromatic heterocycles. The first-order chi connectivity index (χ1) is 9.19. The average molecular weight is 260 g/mol. The van der Waals surface area contributed by atoms with E-state index in [0.29, 0.717) is 19.5 Å². The first kappa shape index (κ1) is 13.6. The van der Waals surface area contributed by atoms with Gasteiger partial charge in [0.2, 0.25) is 5.91 Å². The predicted molar refractivity (Wildman–Crippen MR) is 73.9 cm³/mol. The Bertz CT molecular complexity index is 485. The van der Waals surface area contributed by atoms with E-state index >= 15 is 0 Å². The van der Waals surface area contributed by atoms with Gasteiger partial charge in [0.05, 0.1) is 0 Å². The van der Waals surface area contributed by atoms with Crippen molar-refractivity contribution in [2.75, 3.05) is 13.1 Å². The molecule has 4 heteroatoms. The molecule has 0 aliphatic carbocycles. The first-order valence-corrected chi connectivity index (χ1v) is 6.85. The van der Waals surface area contributed by atoms with Crippen molar-refractivity contribution in [2.24, 2.45) is 0 Å². The minimum atomic E-state index is -0.342. The van der Waals surface area contributed by atoms with Crippen LogP contribution in [0.3, 0.4) is 0 Å². The summed E-state index contributed by atoms with van der Waals surface area (Å²) in [6.07, 6.45) is 1.46. The summed E-state index contributed by atoms with van der Waals surface area (Å²) in [6.45, 7) is 5.09. The number of carbonyl (C=O) groups is 2. The van der Waals surface area contributed by atoms with Crippen LogP contribution in [0, 0.1) is 0 Å². The normalized spacial score (nSPS) is 19.2. The minimum Gasteiger partial charge on any atom is -0.353 e. The summed E-state index contributed by atoms with van der Waals surface area (Å²) in [4.78, 5) is 26.2. The van der Waals surface area contributed by atoms with Gasteiger partial charge in [-0.15, -0.1) is 0 Å². The minimum absolute atomic E-state index is 0.0286. The van der Waals surface area contributed by atoms with Crippen LogP contribution >= 0.6 is 0 Å². The summed E-state index contributed by atoms with van der Waals surface area (Å²) in [5.74, 6) is -0.0739. The van der Waals surface area contributed by atoms with Gasteiger partial charge < -0.3 is 10.2 Å². The van der Waals surface area contributed by atoms with Crippen LogP contribution in [-0.4, -0.2) is 35.8 Å². The van der Waals surface area contributed by atoms with Gasteiger partial charge in [-0.05, 0) is 24.5 Å². The maximum atomic E-state index is 12.6. The van der Waals surface area contributed by atoms with E-state index in [2.05, 4.69) is 5.32 Å². The van der Waals surface area contributed by atoms with Crippen LogP contribution in [-0.2, 0) is 11.2 Å². The van der Waals surface area contributed by atoms with Crippen molar-refractivity contribution < 1.29 is 9.59 Å². The maximum absolute atomic E-state index is 12.6. The van der Waals surface area contributed by atoms with E-state index in [1.807, 2.05) is 38.1 Å². The number of carbonyl (C=O) groups excluding carboxylic acids is 2. The molecule has 1 aliphatic rings. The second kappa shape index (κ2) is 5.87. The van der Waals surface area contributed by atoms with Crippen LogP contribution in [0.15, 0.2) is 24.3 Å². The highest BCUT2D eigenvalue weighted by molar-refractivity contribution is 5.99. The number of nitrogens with one attached hydrogen (secondary N) is 1. The highest BCUT2D eigenvalue weighted by atomic mass is 16.2. The average Bonchev–Trinajstić information content (AvgIpc) is 2.46. The maximum Gasteiger partial charge on any atom is 0.254 e. The number of nitrogens with zero attached hydrogens (tertiary/aromatic N) is 1. The van der Waals surface area contributed by atoms with E-state index < -0.39 is 0 Å². The van der Waals surface area contributed by atoms with E-state index in [9.17, 15) is 9.59 Å². The summed E-state index contributed by atoms with van der Waals surface area (Å²) >= 11 is 0. The molecule has 1 aromatic carbocycles. The largest absolute Gasteiger partial charge is 0.353 e. The number of rotatable bonds is 3. The Morgan fingerprint density at radius 2 is 2.11 bits per heavy atom. The summed E-state index contributed by atoms with van der Waals surface area (Å²) in [6, 6.07) is 7.29. The third-order valence-electron chi connectivity index (χ3n) is 3.61. The number of hydrogen-bond donors (Lipinski definition) is 1. The molecule has 1 N–H and O–H groups in total. The quantitative estimate of drug-likeness (QED) is 0.897. The smallest absolute Gasteiger partial charge is 0.254 e. The van der Waals surface area contributed by atoms with Crippen LogP contribution in [0.25, 0.3) is 0 Å². The first-order valence-electron chi connectivity index (χ1n) is 6.85. The lowest BCUT2D eigenvalue weighted by molar-refractivity contribution is -0.127. The van der Waals surface area contributed by atoms with Gasteiger partial charge in [-0.3, -0.25) is 9.59 Å². The van der Waals surface area contributed by atoms with Crippen LogP contribution in [0.4, 0.5) is 0 Å². The molecular formula is C15H20N2O2. The number of piperazine rings is 1. The number of benzene rings is 1. The molecule has 0 radical (unpaired) electrons. The van der Waals surface area contributed by atoms with Crippen molar-refractivity contribution in [1.82, 2.24) is 10.2 Å². The summed E-state index contributed by atoms with van der Waals surface area (Å²) in [5, 5.41) is 2.82. The molecule has 0 spiro atoms. The molecule has 4 nitrogen and oxygen atoms in total. The zero-order valence-electron chi connectivity index (χ0n) is 11.5. The van der Waals surface area contributed by atoms with Crippen molar-refractivity contribution >= 4 is 11.8 Å². The van der Waals surface area contributed by atoms with E-state index in [4.69, 9.17) is 0 Å². The Labute approximate surface area is 113 Å². The fourth-order valence-corrected chi connectivity index (χ4v) is 2.56. The van der Waals surface area contributed by atoms with E-state index in [1.54, 1.807) is 4.90 Å². The molecule has 1 aromatic rings. The van der Waals surface area contributed by atoms with Crippen LogP contribution in [0.2, 0.25) is 0 Å². The highest BCUT2D eigenvalue weighted by Gasteiger charge is 2.32. The lowest BCUT2D eigenvalue weighted by Crippen LogP contribution is -2.57. The van der Waals surface area contributed by atoms with Crippen molar-refractivity contribution in [3.63, 3.8) is 0 Å². The third kappa shape index (κ3) is 2.62. The van der Waals surface area contributed by atoms with Crippen LogP contribution in [0.1, 0.15) is 36.2 Å². The monoisotopic (exact) mass is 260 g/mol. The zero-order chi connectivity index (χ0) is 13.8. The van der Waals surface area contributed by atoms with Gasteiger partial charge in [0.1, 0.15) is 6.04 Å². The van der Waals surface area contributed by atoms with E-state index in [-0.39, 0.29) is 17.9 Å². The Morgan fingerprint density at radius 3 is 2.79 bits per heavy atom. The molecule has 2 rings (SSSR count). The van der Waals surface area contributed by atoms with Crippen LogP contribution < -0.4 is 5.32 Å². The summed E-state index contributed by atoms with van der Waals surface area (Å²) in [5.41, 5.74) is 1.76. The fraction of sp³-hybridized carbons (Fsp3) is 0.467. The number of hydrogen-bond acceptors (Lipinski definition) is 2. The van der Waals surface area contributed by atoms with Gasteiger partial charge in [0.15, 0.2) is 0 Å². The Balaban J connectivity index is 2.29. The van der Waals surface area contributed by atoms with Gasteiger partial charge in [-0.1, -0.05) is 32.0 Å².